The smallest absolute Gasteiger partial charge is 0.223 e. The van der Waals surface area contributed by atoms with Crippen molar-refractivity contribution < 1.29 is 9.59 Å². The lowest BCUT2D eigenvalue weighted by atomic mass is 9.99. The van der Waals surface area contributed by atoms with Crippen LogP contribution in [0.15, 0.2) is 18.2 Å². The average molecular weight is 273 g/mol. The summed E-state index contributed by atoms with van der Waals surface area (Å²) in [5.74, 6) is 0.204. The summed E-state index contributed by atoms with van der Waals surface area (Å²) < 4.78 is 0. The van der Waals surface area contributed by atoms with Crippen LogP contribution in [0.1, 0.15) is 53.6 Å². The van der Waals surface area contributed by atoms with E-state index in [4.69, 9.17) is 0 Å². The number of Topliss-reactive ketones (excluding diaryl/α,β-unsaturated/α-hetero) is 1. The summed E-state index contributed by atoms with van der Waals surface area (Å²) in [6.45, 7) is 5.68. The van der Waals surface area contributed by atoms with E-state index < -0.39 is 0 Å². The number of piperidine rings is 1. The number of benzene rings is 1. The number of ketones is 1. The molecule has 0 radical (unpaired) electrons. The van der Waals surface area contributed by atoms with Crippen molar-refractivity contribution in [2.45, 2.75) is 46.0 Å². The van der Waals surface area contributed by atoms with Crippen LogP contribution in [0.4, 0.5) is 0 Å². The third-order valence-corrected chi connectivity index (χ3v) is 3.96. The summed E-state index contributed by atoms with van der Waals surface area (Å²) in [7, 11) is 0. The molecule has 0 N–H and O–H groups in total. The molecule has 1 aromatic carbocycles. The Morgan fingerprint density at radius 3 is 2.40 bits per heavy atom. The van der Waals surface area contributed by atoms with Crippen molar-refractivity contribution in [1.82, 2.24) is 4.90 Å². The van der Waals surface area contributed by atoms with Crippen LogP contribution in [0, 0.1) is 13.8 Å². The maximum Gasteiger partial charge on any atom is 0.223 e. The van der Waals surface area contributed by atoms with Gasteiger partial charge in [0.05, 0.1) is 0 Å². The molecule has 0 atom stereocenters. The first-order chi connectivity index (χ1) is 9.58. The van der Waals surface area contributed by atoms with Crippen LogP contribution in [-0.2, 0) is 4.79 Å². The van der Waals surface area contributed by atoms with Gasteiger partial charge in [0.15, 0.2) is 5.78 Å². The van der Waals surface area contributed by atoms with Gasteiger partial charge < -0.3 is 4.90 Å². The van der Waals surface area contributed by atoms with Gasteiger partial charge >= 0.3 is 0 Å². The number of amides is 1. The Bertz CT molecular complexity index is 502. The molecule has 1 amide bonds. The molecule has 1 fully saturated rings. The van der Waals surface area contributed by atoms with E-state index >= 15 is 0 Å². The molecular formula is C17H23NO2. The molecule has 0 saturated carbocycles. The van der Waals surface area contributed by atoms with Gasteiger partial charge in [-0.1, -0.05) is 23.8 Å². The number of hydrogen-bond donors (Lipinski definition) is 0. The molecule has 108 valence electrons. The molecule has 1 saturated heterocycles. The lowest BCUT2D eigenvalue weighted by Crippen LogP contribution is -2.35. The number of carbonyl (C=O) groups excluding carboxylic acids is 2. The maximum absolute atomic E-state index is 12.2. The van der Waals surface area contributed by atoms with E-state index in [9.17, 15) is 9.59 Å². The summed E-state index contributed by atoms with van der Waals surface area (Å²) in [6, 6.07) is 5.84. The topological polar surface area (TPSA) is 37.4 Å². The average Bonchev–Trinajstić information content (AvgIpc) is 2.45. The number of nitrogens with zero attached hydrogens (tertiary/aromatic N) is 1. The van der Waals surface area contributed by atoms with E-state index in [-0.39, 0.29) is 11.7 Å². The first kappa shape index (κ1) is 14.8. The SMILES string of the molecule is Cc1ccc(C(=O)CCC(=O)N2CCCCC2)c(C)c1. The Morgan fingerprint density at radius 1 is 1.05 bits per heavy atom. The molecule has 20 heavy (non-hydrogen) atoms. The van der Waals surface area contributed by atoms with Crippen molar-refractivity contribution >= 4 is 11.7 Å². The van der Waals surface area contributed by atoms with Gasteiger partial charge in [0.2, 0.25) is 5.91 Å². The van der Waals surface area contributed by atoms with E-state index in [0.29, 0.717) is 12.8 Å². The Balaban J connectivity index is 1.89. The number of rotatable bonds is 4. The molecular weight excluding hydrogens is 250 g/mol. The van der Waals surface area contributed by atoms with Gasteiger partial charge in [-0.15, -0.1) is 0 Å². The van der Waals surface area contributed by atoms with E-state index in [1.807, 2.05) is 36.9 Å². The molecule has 2 rings (SSSR count). The van der Waals surface area contributed by atoms with Crippen molar-refractivity contribution in [3.63, 3.8) is 0 Å². The first-order valence-corrected chi connectivity index (χ1v) is 7.46. The maximum atomic E-state index is 12.2. The number of likely N-dealkylation sites (tertiary alicyclic amines) is 1. The van der Waals surface area contributed by atoms with Gasteiger partial charge in [0.1, 0.15) is 0 Å². The predicted octanol–water partition coefficient (Wildman–Crippen LogP) is 3.28. The van der Waals surface area contributed by atoms with Crippen molar-refractivity contribution in [1.29, 1.82) is 0 Å². The van der Waals surface area contributed by atoms with Gasteiger partial charge in [-0.05, 0) is 38.7 Å². The summed E-state index contributed by atoms with van der Waals surface area (Å²) in [4.78, 5) is 26.1. The summed E-state index contributed by atoms with van der Waals surface area (Å²) in [6.07, 6.45) is 4.06. The quantitative estimate of drug-likeness (QED) is 0.789. The fourth-order valence-corrected chi connectivity index (χ4v) is 2.78. The molecule has 1 heterocycles. The summed E-state index contributed by atoms with van der Waals surface area (Å²) >= 11 is 0. The molecule has 0 aliphatic carbocycles. The molecule has 0 unspecified atom stereocenters. The minimum Gasteiger partial charge on any atom is -0.343 e. The highest BCUT2D eigenvalue weighted by Crippen LogP contribution is 2.15. The zero-order chi connectivity index (χ0) is 14.5. The van der Waals surface area contributed by atoms with E-state index in [0.717, 1.165) is 42.6 Å². The van der Waals surface area contributed by atoms with E-state index in [1.165, 1.54) is 6.42 Å². The fraction of sp³-hybridized carbons (Fsp3) is 0.529. The summed E-state index contributed by atoms with van der Waals surface area (Å²) in [5.41, 5.74) is 2.91. The van der Waals surface area contributed by atoms with Crippen molar-refractivity contribution in [2.24, 2.45) is 0 Å². The Labute approximate surface area is 121 Å². The Kier molecular flexibility index (Phi) is 4.94. The number of hydrogen-bond acceptors (Lipinski definition) is 2. The zero-order valence-electron chi connectivity index (χ0n) is 12.4. The Hall–Kier alpha value is -1.64. The second-order valence-corrected chi connectivity index (χ2v) is 5.68. The second kappa shape index (κ2) is 6.69. The lowest BCUT2D eigenvalue weighted by Gasteiger charge is -2.26. The van der Waals surface area contributed by atoms with Crippen LogP contribution in [0.2, 0.25) is 0 Å². The highest BCUT2D eigenvalue weighted by atomic mass is 16.2. The third-order valence-electron chi connectivity index (χ3n) is 3.96. The molecule has 0 bridgehead atoms. The van der Waals surface area contributed by atoms with Crippen molar-refractivity contribution in [3.8, 4) is 0 Å². The van der Waals surface area contributed by atoms with E-state index in [1.54, 1.807) is 0 Å². The molecule has 1 aliphatic rings. The minimum absolute atomic E-state index is 0.0767. The van der Waals surface area contributed by atoms with Gasteiger partial charge in [-0.25, -0.2) is 0 Å². The number of carbonyl (C=O) groups is 2. The highest BCUT2D eigenvalue weighted by molar-refractivity contribution is 5.99. The van der Waals surface area contributed by atoms with Gasteiger partial charge in [0.25, 0.3) is 0 Å². The molecule has 1 aliphatic heterocycles. The van der Waals surface area contributed by atoms with Crippen LogP contribution in [0.5, 0.6) is 0 Å². The molecule has 0 aromatic heterocycles. The summed E-state index contributed by atoms with van der Waals surface area (Å²) in [5, 5.41) is 0. The lowest BCUT2D eigenvalue weighted by molar-refractivity contribution is -0.132. The Morgan fingerprint density at radius 2 is 1.75 bits per heavy atom. The van der Waals surface area contributed by atoms with Gasteiger partial charge in [0, 0.05) is 31.5 Å². The van der Waals surface area contributed by atoms with Crippen LogP contribution < -0.4 is 0 Å². The highest BCUT2D eigenvalue weighted by Gasteiger charge is 2.18. The molecule has 3 nitrogen and oxygen atoms in total. The molecule has 0 spiro atoms. The van der Waals surface area contributed by atoms with Crippen LogP contribution in [0.3, 0.4) is 0 Å². The first-order valence-electron chi connectivity index (χ1n) is 7.46. The molecule has 1 aromatic rings. The van der Waals surface area contributed by atoms with Gasteiger partial charge in [-0.2, -0.15) is 0 Å². The van der Waals surface area contributed by atoms with Crippen molar-refractivity contribution in [2.75, 3.05) is 13.1 Å². The van der Waals surface area contributed by atoms with E-state index in [2.05, 4.69) is 0 Å². The van der Waals surface area contributed by atoms with Gasteiger partial charge in [-0.3, -0.25) is 9.59 Å². The minimum atomic E-state index is 0.0767. The van der Waals surface area contributed by atoms with Crippen LogP contribution >= 0.6 is 0 Å². The standard InChI is InChI=1S/C17H23NO2/c1-13-6-7-15(14(2)12-13)16(19)8-9-17(20)18-10-4-3-5-11-18/h6-7,12H,3-5,8-11H2,1-2H3. The van der Waals surface area contributed by atoms with Crippen LogP contribution in [-0.4, -0.2) is 29.7 Å². The largest absolute Gasteiger partial charge is 0.343 e. The normalized spacial score (nSPS) is 15.2. The monoisotopic (exact) mass is 273 g/mol. The predicted molar refractivity (Wildman–Crippen MR) is 79.9 cm³/mol. The number of aryl methyl sites for hydroxylation is 2. The van der Waals surface area contributed by atoms with Crippen LogP contribution in [0.25, 0.3) is 0 Å². The zero-order valence-corrected chi connectivity index (χ0v) is 12.4. The third kappa shape index (κ3) is 3.69. The second-order valence-electron chi connectivity index (χ2n) is 5.68. The fourth-order valence-electron chi connectivity index (χ4n) is 2.78. The van der Waals surface area contributed by atoms with Crippen molar-refractivity contribution in [3.05, 3.63) is 34.9 Å². The molecule has 3 heteroatoms.